The summed E-state index contributed by atoms with van der Waals surface area (Å²) in [7, 11) is 0. The van der Waals surface area contributed by atoms with Crippen LogP contribution in [0.15, 0.2) is 58.3 Å². The molecule has 0 amide bonds. The number of hydrogen-bond acceptors (Lipinski definition) is 2. The van der Waals surface area contributed by atoms with Gasteiger partial charge in [-0.3, -0.25) is 0 Å². The summed E-state index contributed by atoms with van der Waals surface area (Å²) in [6, 6.07) is 16.8. The molecule has 2 heteroatoms. The number of hydrogen-bond donors (Lipinski definition) is 1. The van der Waals surface area contributed by atoms with Crippen LogP contribution in [0.25, 0.3) is 0 Å². The van der Waals surface area contributed by atoms with Crippen LogP contribution in [-0.2, 0) is 0 Å². The lowest BCUT2D eigenvalue weighted by Gasteiger charge is -2.14. The lowest BCUT2D eigenvalue weighted by molar-refractivity contribution is 0.171. The highest BCUT2D eigenvalue weighted by Crippen LogP contribution is 2.34. The Morgan fingerprint density at radius 2 is 1.65 bits per heavy atom. The van der Waals surface area contributed by atoms with Gasteiger partial charge in [0.1, 0.15) is 0 Å². The van der Waals surface area contributed by atoms with Crippen molar-refractivity contribution in [3.05, 3.63) is 59.7 Å². The minimum absolute atomic E-state index is 0.381. The molecule has 20 heavy (non-hydrogen) atoms. The second kappa shape index (κ2) is 6.96. The molecule has 106 valence electrons. The lowest BCUT2D eigenvalue weighted by Crippen LogP contribution is -1.97. The highest BCUT2D eigenvalue weighted by Gasteiger charge is 2.11. The van der Waals surface area contributed by atoms with E-state index in [1.807, 2.05) is 25.1 Å². The molecule has 0 spiro atoms. The Morgan fingerprint density at radius 1 is 1.00 bits per heavy atom. The predicted octanol–water partition coefficient (Wildman–Crippen LogP) is 5.40. The average molecular weight is 286 g/mol. The van der Waals surface area contributed by atoms with Gasteiger partial charge in [-0.05, 0) is 41.7 Å². The summed E-state index contributed by atoms with van der Waals surface area (Å²) in [4.78, 5) is 2.35. The van der Waals surface area contributed by atoms with Crippen molar-refractivity contribution in [2.45, 2.75) is 49.0 Å². The van der Waals surface area contributed by atoms with Crippen LogP contribution in [0.2, 0.25) is 0 Å². The van der Waals surface area contributed by atoms with Crippen LogP contribution in [0.4, 0.5) is 0 Å². The fourth-order valence-corrected chi connectivity index (χ4v) is 3.11. The third-order valence-corrected chi connectivity index (χ3v) is 4.54. The van der Waals surface area contributed by atoms with Gasteiger partial charge in [-0.1, -0.05) is 62.9 Å². The van der Waals surface area contributed by atoms with Gasteiger partial charge in [0.15, 0.2) is 0 Å². The van der Waals surface area contributed by atoms with Gasteiger partial charge in [-0.15, -0.1) is 0 Å². The van der Waals surface area contributed by atoms with Crippen molar-refractivity contribution in [1.82, 2.24) is 0 Å². The Morgan fingerprint density at radius 3 is 2.25 bits per heavy atom. The van der Waals surface area contributed by atoms with E-state index in [4.69, 9.17) is 0 Å². The van der Waals surface area contributed by atoms with Crippen molar-refractivity contribution in [2.75, 3.05) is 0 Å². The highest BCUT2D eigenvalue weighted by atomic mass is 32.2. The minimum Gasteiger partial charge on any atom is -0.388 e. The Bertz CT molecular complexity index is 546. The normalized spacial score (nSPS) is 12.7. The van der Waals surface area contributed by atoms with Gasteiger partial charge in [0.25, 0.3) is 0 Å². The number of aliphatic hydroxyl groups is 1. The van der Waals surface area contributed by atoms with E-state index in [1.165, 1.54) is 10.5 Å². The number of aliphatic hydroxyl groups excluding tert-OH is 1. The van der Waals surface area contributed by atoms with Crippen LogP contribution in [0.5, 0.6) is 0 Å². The first kappa shape index (κ1) is 15.1. The van der Waals surface area contributed by atoms with Crippen LogP contribution < -0.4 is 0 Å². The van der Waals surface area contributed by atoms with Crippen LogP contribution in [-0.4, -0.2) is 5.11 Å². The Kier molecular flexibility index (Phi) is 5.27. The molecular weight excluding hydrogens is 264 g/mol. The molecule has 0 unspecified atom stereocenters. The van der Waals surface area contributed by atoms with E-state index in [0.29, 0.717) is 5.92 Å². The van der Waals surface area contributed by atoms with E-state index in [0.717, 1.165) is 16.9 Å². The molecule has 0 aromatic heterocycles. The smallest absolute Gasteiger partial charge is 0.0798 e. The van der Waals surface area contributed by atoms with Crippen LogP contribution >= 0.6 is 11.8 Å². The summed E-state index contributed by atoms with van der Waals surface area (Å²) in [5.41, 5.74) is 2.38. The molecule has 0 aliphatic heterocycles. The molecule has 0 bridgehead atoms. The van der Waals surface area contributed by atoms with Crippen molar-refractivity contribution >= 4 is 11.8 Å². The van der Waals surface area contributed by atoms with Gasteiger partial charge in [-0.2, -0.15) is 0 Å². The summed E-state index contributed by atoms with van der Waals surface area (Å²) in [6.07, 6.45) is 0.359. The zero-order valence-electron chi connectivity index (χ0n) is 12.3. The SMILES string of the molecule is CC[C@H](O)c1ccccc1Sc1ccc(C(C)C)cc1. The first-order valence-corrected chi connectivity index (χ1v) is 7.98. The minimum atomic E-state index is -0.381. The average Bonchev–Trinajstić information content (AvgIpc) is 2.47. The fourth-order valence-electron chi connectivity index (χ4n) is 2.12. The topological polar surface area (TPSA) is 20.2 Å². The monoisotopic (exact) mass is 286 g/mol. The second-order valence-corrected chi connectivity index (χ2v) is 6.40. The standard InChI is InChI=1S/C18H22OS/c1-4-17(19)16-7-5-6-8-18(16)20-15-11-9-14(10-12-15)13(2)3/h5-13,17,19H,4H2,1-3H3/t17-/m0/s1. The summed E-state index contributed by atoms with van der Waals surface area (Å²) in [6.45, 7) is 6.41. The Hall–Kier alpha value is -1.25. The van der Waals surface area contributed by atoms with Crippen molar-refractivity contribution in [3.8, 4) is 0 Å². The zero-order chi connectivity index (χ0) is 14.5. The molecule has 0 aliphatic rings. The van der Waals surface area contributed by atoms with E-state index < -0.39 is 0 Å². The predicted molar refractivity (Wildman–Crippen MR) is 86.3 cm³/mol. The number of rotatable bonds is 5. The maximum atomic E-state index is 10.1. The molecule has 0 heterocycles. The molecule has 0 saturated carbocycles. The van der Waals surface area contributed by atoms with E-state index in [1.54, 1.807) is 11.8 Å². The maximum absolute atomic E-state index is 10.1. The van der Waals surface area contributed by atoms with Crippen LogP contribution in [0.3, 0.4) is 0 Å². The van der Waals surface area contributed by atoms with Gasteiger partial charge in [-0.25, -0.2) is 0 Å². The molecule has 2 rings (SSSR count). The van der Waals surface area contributed by atoms with Gasteiger partial charge in [0, 0.05) is 9.79 Å². The first-order valence-electron chi connectivity index (χ1n) is 7.16. The Balaban J connectivity index is 2.21. The molecule has 1 nitrogen and oxygen atoms in total. The third kappa shape index (κ3) is 3.65. The van der Waals surface area contributed by atoms with Gasteiger partial charge < -0.3 is 5.11 Å². The molecule has 2 aromatic rings. The van der Waals surface area contributed by atoms with Gasteiger partial charge >= 0.3 is 0 Å². The molecule has 1 N–H and O–H groups in total. The van der Waals surface area contributed by atoms with Crippen LogP contribution in [0, 0.1) is 0 Å². The quantitative estimate of drug-likeness (QED) is 0.793. The van der Waals surface area contributed by atoms with Gasteiger partial charge in [0.05, 0.1) is 6.10 Å². The first-order chi connectivity index (χ1) is 9.61. The molecule has 2 aromatic carbocycles. The van der Waals surface area contributed by atoms with Crippen molar-refractivity contribution in [3.63, 3.8) is 0 Å². The molecule has 1 atom stereocenters. The Labute approximate surface area is 126 Å². The van der Waals surface area contributed by atoms with Gasteiger partial charge in [0.2, 0.25) is 0 Å². The molecule has 0 fully saturated rings. The summed E-state index contributed by atoms with van der Waals surface area (Å²) < 4.78 is 0. The van der Waals surface area contributed by atoms with E-state index in [2.05, 4.69) is 44.2 Å². The molecule has 0 saturated heterocycles. The van der Waals surface area contributed by atoms with Crippen molar-refractivity contribution < 1.29 is 5.11 Å². The largest absolute Gasteiger partial charge is 0.388 e. The summed E-state index contributed by atoms with van der Waals surface area (Å²) in [5.74, 6) is 0.559. The molecule has 0 radical (unpaired) electrons. The van der Waals surface area contributed by atoms with E-state index >= 15 is 0 Å². The summed E-state index contributed by atoms with van der Waals surface area (Å²) in [5, 5.41) is 10.1. The fraction of sp³-hybridized carbons (Fsp3) is 0.333. The van der Waals surface area contributed by atoms with E-state index in [9.17, 15) is 5.11 Å². The van der Waals surface area contributed by atoms with Crippen LogP contribution in [0.1, 0.15) is 50.3 Å². The second-order valence-electron chi connectivity index (χ2n) is 5.29. The highest BCUT2D eigenvalue weighted by molar-refractivity contribution is 7.99. The zero-order valence-corrected chi connectivity index (χ0v) is 13.2. The molecular formula is C18H22OS. The number of benzene rings is 2. The lowest BCUT2D eigenvalue weighted by atomic mass is 10.0. The van der Waals surface area contributed by atoms with E-state index in [-0.39, 0.29) is 6.10 Å². The molecule has 0 aliphatic carbocycles. The van der Waals surface area contributed by atoms with Crippen molar-refractivity contribution in [1.29, 1.82) is 0 Å². The maximum Gasteiger partial charge on any atom is 0.0798 e. The third-order valence-electron chi connectivity index (χ3n) is 3.44. The summed E-state index contributed by atoms with van der Waals surface area (Å²) >= 11 is 1.72. The van der Waals surface area contributed by atoms with Crippen molar-refractivity contribution in [2.24, 2.45) is 0 Å².